The predicted octanol–water partition coefficient (Wildman–Crippen LogP) is 1.51. The van der Waals surface area contributed by atoms with Crippen molar-refractivity contribution in [2.45, 2.75) is 19.4 Å². The molecule has 0 aliphatic heterocycles. The van der Waals surface area contributed by atoms with Gasteiger partial charge in [-0.25, -0.2) is 9.78 Å². The molecule has 0 saturated carbocycles. The van der Waals surface area contributed by atoms with Crippen LogP contribution in [0, 0.1) is 0 Å². The normalized spacial score (nSPS) is 11.8. The molecule has 1 heterocycles. The summed E-state index contributed by atoms with van der Waals surface area (Å²) in [5.41, 5.74) is 0.813. The molecule has 0 spiro atoms. The zero-order valence-corrected chi connectivity index (χ0v) is 10.7. The van der Waals surface area contributed by atoms with Crippen LogP contribution < -0.4 is 10.2 Å². The van der Waals surface area contributed by atoms with Gasteiger partial charge in [0, 0.05) is 14.1 Å². The Morgan fingerprint density at radius 2 is 2.24 bits per heavy atom. The van der Waals surface area contributed by atoms with Crippen LogP contribution in [0.2, 0.25) is 0 Å². The molecule has 94 valence electrons. The monoisotopic (exact) mass is 237 g/mol. The van der Waals surface area contributed by atoms with Crippen LogP contribution in [0.1, 0.15) is 13.3 Å². The maximum Gasteiger partial charge on any atom is 0.328 e. The van der Waals surface area contributed by atoms with E-state index in [0.717, 1.165) is 11.5 Å². The van der Waals surface area contributed by atoms with Crippen molar-refractivity contribution in [2.75, 3.05) is 31.4 Å². The number of methoxy groups -OCH3 is 1. The Morgan fingerprint density at radius 3 is 2.65 bits per heavy atom. The van der Waals surface area contributed by atoms with Gasteiger partial charge in [-0.15, -0.1) is 0 Å². The molecule has 0 amide bonds. The van der Waals surface area contributed by atoms with Gasteiger partial charge < -0.3 is 15.0 Å². The van der Waals surface area contributed by atoms with Gasteiger partial charge in [-0.1, -0.05) is 6.92 Å². The van der Waals surface area contributed by atoms with Crippen molar-refractivity contribution in [1.82, 2.24) is 4.98 Å². The Hall–Kier alpha value is -1.78. The second-order valence-electron chi connectivity index (χ2n) is 3.93. The maximum absolute atomic E-state index is 11.4. The van der Waals surface area contributed by atoms with Crippen LogP contribution in [0.4, 0.5) is 11.5 Å². The zero-order chi connectivity index (χ0) is 12.8. The number of hydrogen-bond acceptors (Lipinski definition) is 5. The third-order valence-electron chi connectivity index (χ3n) is 2.44. The molecule has 0 aliphatic rings. The van der Waals surface area contributed by atoms with Crippen molar-refractivity contribution in [3.8, 4) is 0 Å². The number of aromatic nitrogens is 1. The highest BCUT2D eigenvalue weighted by Gasteiger charge is 2.16. The van der Waals surface area contributed by atoms with E-state index in [1.54, 1.807) is 6.20 Å². The fourth-order valence-corrected chi connectivity index (χ4v) is 1.41. The van der Waals surface area contributed by atoms with Crippen molar-refractivity contribution in [1.29, 1.82) is 0 Å². The van der Waals surface area contributed by atoms with E-state index in [9.17, 15) is 4.79 Å². The highest BCUT2D eigenvalue weighted by molar-refractivity contribution is 5.79. The molecule has 0 aromatic carbocycles. The summed E-state index contributed by atoms with van der Waals surface area (Å²) in [6.45, 7) is 1.93. The minimum absolute atomic E-state index is 0.260. The first-order chi connectivity index (χ1) is 8.08. The van der Waals surface area contributed by atoms with E-state index < -0.39 is 0 Å². The van der Waals surface area contributed by atoms with E-state index in [2.05, 4.69) is 10.3 Å². The Bertz CT molecular complexity index is 363. The van der Waals surface area contributed by atoms with Gasteiger partial charge in [0.05, 0.1) is 19.0 Å². The molecule has 1 aromatic rings. The first-order valence-electron chi connectivity index (χ1n) is 5.56. The van der Waals surface area contributed by atoms with E-state index >= 15 is 0 Å². The van der Waals surface area contributed by atoms with Crippen LogP contribution in [-0.2, 0) is 9.53 Å². The second kappa shape index (κ2) is 6.08. The summed E-state index contributed by atoms with van der Waals surface area (Å²) in [6.07, 6.45) is 2.38. The maximum atomic E-state index is 11.4. The molecular weight excluding hydrogens is 218 g/mol. The number of anilines is 2. The van der Waals surface area contributed by atoms with Gasteiger partial charge in [0.15, 0.2) is 0 Å². The molecule has 0 radical (unpaired) electrons. The molecule has 0 fully saturated rings. The van der Waals surface area contributed by atoms with Crippen LogP contribution in [-0.4, -0.2) is 38.2 Å². The molecule has 0 bridgehead atoms. The lowest BCUT2D eigenvalue weighted by molar-refractivity contribution is -0.141. The van der Waals surface area contributed by atoms with Gasteiger partial charge in [0.1, 0.15) is 11.9 Å². The lowest BCUT2D eigenvalue weighted by Crippen LogP contribution is -2.29. The molecular formula is C12H19N3O2. The molecule has 0 aliphatic carbocycles. The molecule has 0 saturated heterocycles. The number of rotatable bonds is 5. The predicted molar refractivity (Wildman–Crippen MR) is 68.3 cm³/mol. The Labute approximate surface area is 102 Å². The van der Waals surface area contributed by atoms with Crippen LogP contribution in [0.15, 0.2) is 18.3 Å². The summed E-state index contributed by atoms with van der Waals surface area (Å²) in [6, 6.07) is 3.47. The fraction of sp³-hybridized carbons (Fsp3) is 0.500. The number of esters is 1. The van der Waals surface area contributed by atoms with Crippen molar-refractivity contribution in [3.05, 3.63) is 18.3 Å². The largest absolute Gasteiger partial charge is 0.467 e. The molecule has 1 atom stereocenters. The van der Waals surface area contributed by atoms with Crippen LogP contribution >= 0.6 is 0 Å². The fourth-order valence-electron chi connectivity index (χ4n) is 1.41. The number of ether oxygens (including phenoxy) is 1. The summed E-state index contributed by atoms with van der Waals surface area (Å²) in [4.78, 5) is 17.6. The van der Waals surface area contributed by atoms with Gasteiger partial charge >= 0.3 is 5.97 Å². The minimum atomic E-state index is -0.327. The van der Waals surface area contributed by atoms with Crippen molar-refractivity contribution >= 4 is 17.5 Å². The molecule has 1 unspecified atom stereocenters. The first kappa shape index (κ1) is 13.3. The standard InChI is InChI=1S/C12H19N3O2/c1-5-10(12(16)17-4)14-9-6-7-11(13-8-9)15(2)3/h6-8,10,14H,5H2,1-4H3. The van der Waals surface area contributed by atoms with E-state index in [4.69, 9.17) is 4.74 Å². The van der Waals surface area contributed by atoms with Gasteiger partial charge in [0.2, 0.25) is 0 Å². The van der Waals surface area contributed by atoms with Gasteiger partial charge in [0.25, 0.3) is 0 Å². The summed E-state index contributed by atoms with van der Waals surface area (Å²) < 4.78 is 4.71. The number of nitrogens with one attached hydrogen (secondary N) is 1. The topological polar surface area (TPSA) is 54.5 Å². The highest BCUT2D eigenvalue weighted by atomic mass is 16.5. The van der Waals surface area contributed by atoms with E-state index in [-0.39, 0.29) is 12.0 Å². The van der Waals surface area contributed by atoms with Gasteiger partial charge in [-0.3, -0.25) is 0 Å². The molecule has 1 aromatic heterocycles. The van der Waals surface area contributed by atoms with Crippen molar-refractivity contribution < 1.29 is 9.53 Å². The first-order valence-corrected chi connectivity index (χ1v) is 5.56. The van der Waals surface area contributed by atoms with Gasteiger partial charge in [-0.05, 0) is 18.6 Å². The smallest absolute Gasteiger partial charge is 0.328 e. The molecule has 5 nitrogen and oxygen atoms in total. The third-order valence-corrected chi connectivity index (χ3v) is 2.44. The van der Waals surface area contributed by atoms with Crippen molar-refractivity contribution in [3.63, 3.8) is 0 Å². The Balaban J connectivity index is 2.70. The Morgan fingerprint density at radius 1 is 1.53 bits per heavy atom. The SMILES string of the molecule is CCC(Nc1ccc(N(C)C)nc1)C(=O)OC. The van der Waals surface area contributed by atoms with Crippen LogP contribution in [0.25, 0.3) is 0 Å². The lowest BCUT2D eigenvalue weighted by atomic mass is 10.2. The quantitative estimate of drug-likeness (QED) is 0.787. The van der Waals surface area contributed by atoms with E-state index in [1.807, 2.05) is 38.1 Å². The average Bonchev–Trinajstić information content (AvgIpc) is 2.35. The van der Waals surface area contributed by atoms with Crippen LogP contribution in [0.3, 0.4) is 0 Å². The lowest BCUT2D eigenvalue weighted by Gasteiger charge is -2.16. The molecule has 1 N–H and O–H groups in total. The Kier molecular flexibility index (Phi) is 4.75. The highest BCUT2D eigenvalue weighted by Crippen LogP contribution is 2.13. The molecule has 1 rings (SSSR count). The van der Waals surface area contributed by atoms with E-state index in [0.29, 0.717) is 6.42 Å². The number of pyridine rings is 1. The summed E-state index contributed by atoms with van der Waals surface area (Å²) in [5, 5.41) is 3.09. The number of hydrogen-bond donors (Lipinski definition) is 1. The molecule has 17 heavy (non-hydrogen) atoms. The van der Waals surface area contributed by atoms with Crippen LogP contribution in [0.5, 0.6) is 0 Å². The summed E-state index contributed by atoms with van der Waals surface area (Å²) in [7, 11) is 5.25. The van der Waals surface area contributed by atoms with Gasteiger partial charge in [-0.2, -0.15) is 0 Å². The zero-order valence-electron chi connectivity index (χ0n) is 10.7. The second-order valence-corrected chi connectivity index (χ2v) is 3.93. The molecule has 5 heteroatoms. The van der Waals surface area contributed by atoms with Crippen molar-refractivity contribution in [2.24, 2.45) is 0 Å². The summed E-state index contributed by atoms with van der Waals surface area (Å²) in [5.74, 6) is 0.617. The minimum Gasteiger partial charge on any atom is -0.467 e. The van der Waals surface area contributed by atoms with E-state index in [1.165, 1.54) is 7.11 Å². The average molecular weight is 237 g/mol. The summed E-state index contributed by atoms with van der Waals surface area (Å²) >= 11 is 0. The number of nitrogens with zero attached hydrogens (tertiary/aromatic N) is 2. The number of carbonyl (C=O) groups excluding carboxylic acids is 1. The third kappa shape index (κ3) is 3.62. The number of carbonyl (C=O) groups is 1.